The van der Waals surface area contributed by atoms with Crippen molar-refractivity contribution >= 4 is 34.8 Å². The maximum absolute atomic E-state index is 11.7. The van der Waals surface area contributed by atoms with Gasteiger partial charge in [0.05, 0.1) is 16.4 Å². The molecular weight excluding hydrogens is 262 g/mol. The van der Waals surface area contributed by atoms with Gasteiger partial charge in [0.15, 0.2) is 5.78 Å². The zero-order valence-electron chi connectivity index (χ0n) is 9.87. The van der Waals surface area contributed by atoms with Crippen molar-refractivity contribution in [1.82, 2.24) is 5.32 Å². The highest BCUT2D eigenvalue weighted by Crippen LogP contribution is 2.22. The highest BCUT2D eigenvalue weighted by Gasteiger charge is 2.18. The molecule has 4 nitrogen and oxygen atoms in total. The van der Waals surface area contributed by atoms with Crippen molar-refractivity contribution in [2.24, 2.45) is 0 Å². The van der Waals surface area contributed by atoms with Crippen molar-refractivity contribution in [3.63, 3.8) is 0 Å². The molecule has 1 heterocycles. The van der Waals surface area contributed by atoms with E-state index in [1.165, 1.54) is 11.3 Å². The van der Waals surface area contributed by atoms with Gasteiger partial charge in [-0.05, 0) is 32.2 Å². The minimum absolute atomic E-state index is 0.116. The average Bonchev–Trinajstić information content (AvgIpc) is 2.58. The summed E-state index contributed by atoms with van der Waals surface area (Å²) in [6, 6.07) is 1.65. The molecule has 0 aliphatic rings. The van der Waals surface area contributed by atoms with Gasteiger partial charge in [-0.1, -0.05) is 11.6 Å². The first-order valence-electron chi connectivity index (χ1n) is 5.02. The fraction of sp³-hybridized carbons (Fsp3) is 0.455. The number of thiophene rings is 1. The molecule has 1 rings (SSSR count). The Bertz CT molecular complexity index is 423. The number of alkyl carbamates (subject to hydrolysis) is 1. The molecule has 0 aromatic carbocycles. The predicted molar refractivity (Wildman–Crippen MR) is 67.9 cm³/mol. The minimum Gasteiger partial charge on any atom is -0.444 e. The molecule has 1 amide bonds. The highest BCUT2D eigenvalue weighted by atomic mass is 35.5. The Kier molecular flexibility index (Phi) is 4.54. The standard InChI is InChI=1S/C11H14ClNO3S/c1-11(2,3)16-10(15)13-6-8(14)9-7(12)4-5-17-9/h4-5H,6H2,1-3H3,(H,13,15). The van der Waals surface area contributed by atoms with E-state index in [9.17, 15) is 9.59 Å². The van der Waals surface area contributed by atoms with Crippen molar-refractivity contribution in [1.29, 1.82) is 0 Å². The predicted octanol–water partition coefficient (Wildman–Crippen LogP) is 3.11. The normalized spacial score (nSPS) is 11.1. The fourth-order valence-electron chi connectivity index (χ4n) is 1.04. The zero-order chi connectivity index (χ0) is 13.1. The van der Waals surface area contributed by atoms with E-state index in [0.717, 1.165) is 0 Å². The van der Waals surface area contributed by atoms with E-state index in [-0.39, 0.29) is 12.3 Å². The molecule has 0 saturated heterocycles. The highest BCUT2D eigenvalue weighted by molar-refractivity contribution is 7.12. The number of amides is 1. The Morgan fingerprint density at radius 2 is 2.12 bits per heavy atom. The van der Waals surface area contributed by atoms with Crippen LogP contribution in [0.5, 0.6) is 0 Å². The van der Waals surface area contributed by atoms with E-state index < -0.39 is 11.7 Å². The van der Waals surface area contributed by atoms with E-state index >= 15 is 0 Å². The molecule has 0 aliphatic carbocycles. The average molecular weight is 276 g/mol. The number of hydrogen-bond donors (Lipinski definition) is 1. The van der Waals surface area contributed by atoms with Crippen LogP contribution in [-0.2, 0) is 4.74 Å². The van der Waals surface area contributed by atoms with Gasteiger partial charge in [0, 0.05) is 0 Å². The molecule has 1 aromatic heterocycles. The molecule has 0 radical (unpaired) electrons. The van der Waals surface area contributed by atoms with Gasteiger partial charge in [-0.25, -0.2) is 4.79 Å². The monoisotopic (exact) mass is 275 g/mol. The smallest absolute Gasteiger partial charge is 0.408 e. The van der Waals surface area contributed by atoms with Gasteiger partial charge in [0.25, 0.3) is 0 Å². The largest absolute Gasteiger partial charge is 0.444 e. The van der Waals surface area contributed by atoms with Gasteiger partial charge in [-0.3, -0.25) is 4.79 Å². The Hall–Kier alpha value is -1.07. The molecule has 17 heavy (non-hydrogen) atoms. The number of ketones is 1. The Morgan fingerprint density at radius 1 is 1.47 bits per heavy atom. The number of nitrogens with one attached hydrogen (secondary N) is 1. The van der Waals surface area contributed by atoms with Gasteiger partial charge in [-0.2, -0.15) is 0 Å². The summed E-state index contributed by atoms with van der Waals surface area (Å²) >= 11 is 7.05. The number of halogens is 1. The lowest BCUT2D eigenvalue weighted by atomic mass is 10.2. The van der Waals surface area contributed by atoms with Gasteiger partial charge in [0.1, 0.15) is 5.60 Å². The van der Waals surface area contributed by atoms with Crippen LogP contribution in [0.1, 0.15) is 30.4 Å². The quantitative estimate of drug-likeness (QED) is 0.863. The zero-order valence-corrected chi connectivity index (χ0v) is 11.4. The topological polar surface area (TPSA) is 55.4 Å². The van der Waals surface area contributed by atoms with Gasteiger partial charge in [-0.15, -0.1) is 11.3 Å². The van der Waals surface area contributed by atoms with Crippen molar-refractivity contribution in [2.75, 3.05) is 6.54 Å². The summed E-state index contributed by atoms with van der Waals surface area (Å²) in [5.74, 6) is -0.226. The lowest BCUT2D eigenvalue weighted by Gasteiger charge is -2.19. The van der Waals surface area contributed by atoms with Crippen molar-refractivity contribution < 1.29 is 14.3 Å². The molecular formula is C11H14ClNO3S. The minimum atomic E-state index is -0.612. The van der Waals surface area contributed by atoms with Crippen molar-refractivity contribution in [3.8, 4) is 0 Å². The molecule has 0 spiro atoms. The van der Waals surface area contributed by atoms with Crippen molar-refractivity contribution in [2.45, 2.75) is 26.4 Å². The van der Waals surface area contributed by atoms with Crippen LogP contribution >= 0.6 is 22.9 Å². The van der Waals surface area contributed by atoms with Gasteiger partial charge < -0.3 is 10.1 Å². The maximum Gasteiger partial charge on any atom is 0.408 e. The number of carbonyl (C=O) groups is 2. The Balaban J connectivity index is 2.45. The van der Waals surface area contributed by atoms with E-state index in [1.54, 1.807) is 32.2 Å². The van der Waals surface area contributed by atoms with Crippen LogP contribution in [-0.4, -0.2) is 24.0 Å². The second kappa shape index (κ2) is 5.51. The Labute approximate surface area is 109 Å². The number of carbonyl (C=O) groups excluding carboxylic acids is 2. The summed E-state index contributed by atoms with van der Waals surface area (Å²) in [7, 11) is 0. The fourth-order valence-corrected chi connectivity index (χ4v) is 2.14. The van der Waals surface area contributed by atoms with Gasteiger partial charge >= 0.3 is 6.09 Å². The van der Waals surface area contributed by atoms with Crippen LogP contribution in [0.15, 0.2) is 11.4 Å². The first kappa shape index (κ1) is 14.0. The van der Waals surface area contributed by atoms with Gasteiger partial charge in [0.2, 0.25) is 0 Å². The molecule has 94 valence electrons. The van der Waals surface area contributed by atoms with Crippen LogP contribution in [0.2, 0.25) is 5.02 Å². The molecule has 6 heteroatoms. The summed E-state index contributed by atoms with van der Waals surface area (Å²) in [5.41, 5.74) is -0.576. The van der Waals surface area contributed by atoms with Crippen LogP contribution in [0.25, 0.3) is 0 Å². The van der Waals surface area contributed by atoms with Crippen LogP contribution in [0, 0.1) is 0 Å². The van der Waals surface area contributed by atoms with Crippen LogP contribution < -0.4 is 5.32 Å². The van der Waals surface area contributed by atoms with E-state index in [2.05, 4.69) is 5.32 Å². The van der Waals surface area contributed by atoms with Crippen molar-refractivity contribution in [3.05, 3.63) is 21.3 Å². The van der Waals surface area contributed by atoms with E-state index in [1.807, 2.05) is 0 Å². The molecule has 0 unspecified atom stereocenters. The molecule has 1 N–H and O–H groups in total. The molecule has 1 aromatic rings. The summed E-state index contributed by atoms with van der Waals surface area (Å²) in [6.07, 6.45) is -0.612. The lowest BCUT2D eigenvalue weighted by Crippen LogP contribution is -2.35. The third kappa shape index (κ3) is 4.75. The molecule has 0 atom stereocenters. The number of hydrogen-bond acceptors (Lipinski definition) is 4. The number of rotatable bonds is 3. The molecule has 0 bridgehead atoms. The molecule has 0 saturated carbocycles. The number of ether oxygens (including phenoxy) is 1. The van der Waals surface area contributed by atoms with Crippen LogP contribution in [0.4, 0.5) is 4.79 Å². The first-order chi connectivity index (χ1) is 7.79. The third-order valence-electron chi connectivity index (χ3n) is 1.66. The first-order valence-corrected chi connectivity index (χ1v) is 6.28. The second-order valence-corrected chi connectivity index (χ2v) is 5.70. The van der Waals surface area contributed by atoms with Crippen LogP contribution in [0.3, 0.4) is 0 Å². The lowest BCUT2D eigenvalue weighted by molar-refractivity contribution is 0.0520. The second-order valence-electron chi connectivity index (χ2n) is 4.38. The summed E-state index contributed by atoms with van der Waals surface area (Å²) in [5, 5.41) is 4.53. The summed E-state index contributed by atoms with van der Waals surface area (Å²) in [4.78, 5) is 23.4. The SMILES string of the molecule is CC(C)(C)OC(=O)NCC(=O)c1sccc1Cl. The Morgan fingerprint density at radius 3 is 2.59 bits per heavy atom. The number of Topliss-reactive ketones (excluding diaryl/α,β-unsaturated/α-hetero) is 1. The van der Waals surface area contributed by atoms with E-state index in [0.29, 0.717) is 9.90 Å². The van der Waals surface area contributed by atoms with E-state index in [4.69, 9.17) is 16.3 Å². The molecule has 0 fully saturated rings. The summed E-state index contributed by atoms with van der Waals surface area (Å²) in [6.45, 7) is 5.15. The molecule has 0 aliphatic heterocycles. The maximum atomic E-state index is 11.7. The third-order valence-corrected chi connectivity index (χ3v) is 3.05. The summed E-state index contributed by atoms with van der Waals surface area (Å²) < 4.78 is 5.00.